The second kappa shape index (κ2) is 7.17. The Hall–Kier alpha value is -2.82. The molecule has 0 bridgehead atoms. The van der Waals surface area contributed by atoms with Gasteiger partial charge < -0.3 is 15.2 Å². The predicted octanol–water partition coefficient (Wildman–Crippen LogP) is 3.37. The zero-order chi connectivity index (χ0) is 17.7. The van der Waals surface area contributed by atoms with Crippen molar-refractivity contribution < 1.29 is 19.4 Å². The largest absolute Gasteiger partial charge is 0.495 e. The van der Waals surface area contributed by atoms with Crippen molar-refractivity contribution in [3.63, 3.8) is 0 Å². The number of carboxylic acids is 1. The monoisotopic (exact) mass is 327 g/mol. The molecule has 2 N–H and O–H groups in total. The number of carbonyl (C=O) groups excluding carboxylic acids is 1. The molecule has 1 amide bonds. The fraction of sp³-hybridized carbons (Fsp3) is 0.263. The van der Waals surface area contributed by atoms with E-state index in [1.807, 2.05) is 19.1 Å². The summed E-state index contributed by atoms with van der Waals surface area (Å²) in [6.45, 7) is 3.46. The van der Waals surface area contributed by atoms with Gasteiger partial charge in [-0.2, -0.15) is 0 Å². The summed E-state index contributed by atoms with van der Waals surface area (Å²) < 4.78 is 5.23. The van der Waals surface area contributed by atoms with Crippen molar-refractivity contribution in [2.75, 3.05) is 12.4 Å². The van der Waals surface area contributed by atoms with E-state index in [9.17, 15) is 14.7 Å². The number of carboxylic acid groups (broad SMARTS) is 1. The second-order valence-electron chi connectivity index (χ2n) is 5.93. The van der Waals surface area contributed by atoms with Gasteiger partial charge in [0.15, 0.2) is 0 Å². The van der Waals surface area contributed by atoms with Crippen molar-refractivity contribution in [1.29, 1.82) is 0 Å². The molecule has 5 nitrogen and oxygen atoms in total. The van der Waals surface area contributed by atoms with Crippen molar-refractivity contribution in [3.8, 4) is 5.75 Å². The van der Waals surface area contributed by atoms with Gasteiger partial charge in [0.2, 0.25) is 5.91 Å². The summed E-state index contributed by atoms with van der Waals surface area (Å²) in [7, 11) is 1.52. The number of benzene rings is 2. The Morgan fingerprint density at radius 1 is 1.17 bits per heavy atom. The zero-order valence-electron chi connectivity index (χ0n) is 14.0. The van der Waals surface area contributed by atoms with Crippen molar-refractivity contribution in [1.82, 2.24) is 0 Å². The molecular weight excluding hydrogens is 306 g/mol. The average Bonchev–Trinajstić information content (AvgIpc) is 2.55. The van der Waals surface area contributed by atoms with Crippen molar-refractivity contribution in [3.05, 3.63) is 59.7 Å². The molecule has 0 aliphatic carbocycles. The first-order valence-corrected chi connectivity index (χ1v) is 7.60. The maximum Gasteiger partial charge on any atom is 0.314 e. The number of hydrogen-bond donors (Lipinski definition) is 2. The Labute approximate surface area is 141 Å². The smallest absolute Gasteiger partial charge is 0.314 e. The third-order valence-corrected chi connectivity index (χ3v) is 4.03. The van der Waals surface area contributed by atoms with E-state index in [1.54, 1.807) is 43.3 Å². The topological polar surface area (TPSA) is 75.6 Å². The number of nitrogens with one attached hydrogen (secondary N) is 1. The van der Waals surface area contributed by atoms with Crippen molar-refractivity contribution in [2.24, 2.45) is 0 Å². The lowest BCUT2D eigenvalue weighted by atomic mass is 9.79. The van der Waals surface area contributed by atoms with Crippen LogP contribution in [0.4, 0.5) is 5.69 Å². The van der Waals surface area contributed by atoms with E-state index < -0.39 is 11.4 Å². The molecule has 126 valence electrons. The number of aliphatic carboxylic acids is 1. The van der Waals surface area contributed by atoms with E-state index in [0.717, 1.165) is 5.56 Å². The molecule has 5 heteroatoms. The molecule has 2 aromatic carbocycles. The van der Waals surface area contributed by atoms with Gasteiger partial charge in [-0.3, -0.25) is 9.59 Å². The minimum atomic E-state index is -1.30. The number of amides is 1. The Morgan fingerprint density at radius 3 is 2.42 bits per heavy atom. The number of anilines is 1. The van der Waals surface area contributed by atoms with Gasteiger partial charge in [0, 0.05) is 6.42 Å². The van der Waals surface area contributed by atoms with Crippen LogP contribution in [0.2, 0.25) is 0 Å². The van der Waals surface area contributed by atoms with E-state index >= 15 is 0 Å². The summed E-state index contributed by atoms with van der Waals surface area (Å²) in [5, 5.41) is 12.4. The quantitative estimate of drug-likeness (QED) is 0.853. The van der Waals surface area contributed by atoms with E-state index in [-0.39, 0.29) is 12.3 Å². The number of hydrogen-bond acceptors (Lipinski definition) is 3. The summed E-state index contributed by atoms with van der Waals surface area (Å²) in [4.78, 5) is 24.2. The molecule has 1 atom stereocenters. The molecule has 2 rings (SSSR count). The minimum absolute atomic E-state index is 0.177. The number of carbonyl (C=O) groups is 2. The minimum Gasteiger partial charge on any atom is -0.495 e. The van der Waals surface area contributed by atoms with Gasteiger partial charge in [0.25, 0.3) is 0 Å². The van der Waals surface area contributed by atoms with Gasteiger partial charge in [-0.05, 0) is 37.1 Å². The van der Waals surface area contributed by atoms with Gasteiger partial charge >= 0.3 is 5.97 Å². The normalized spacial score (nSPS) is 13.0. The maximum atomic E-state index is 12.5. The average molecular weight is 327 g/mol. The summed E-state index contributed by atoms with van der Waals surface area (Å²) in [6, 6.07) is 14.2. The van der Waals surface area contributed by atoms with Crippen LogP contribution >= 0.6 is 0 Å². The van der Waals surface area contributed by atoms with Crippen LogP contribution in [0.5, 0.6) is 5.75 Å². The van der Waals surface area contributed by atoms with Crippen LogP contribution in [-0.4, -0.2) is 24.1 Å². The summed E-state index contributed by atoms with van der Waals surface area (Å²) in [6.07, 6.45) is -0.177. The lowest BCUT2D eigenvalue weighted by Crippen LogP contribution is -2.36. The standard InChI is InChI=1S/C19H21NO4/c1-13-9-10-16(24-3)15(11-13)20-17(21)12-19(2,18(22)23)14-7-5-4-6-8-14/h4-11H,12H2,1-3H3,(H,20,21)(H,22,23)/t19-/m1/s1. The number of aryl methyl sites for hydroxylation is 1. The van der Waals surface area contributed by atoms with Crippen LogP contribution in [0, 0.1) is 6.92 Å². The fourth-order valence-corrected chi connectivity index (χ4v) is 2.54. The highest BCUT2D eigenvalue weighted by molar-refractivity contribution is 5.97. The Kier molecular flexibility index (Phi) is 5.24. The first kappa shape index (κ1) is 17.5. The molecule has 0 heterocycles. The van der Waals surface area contributed by atoms with Gasteiger partial charge in [-0.15, -0.1) is 0 Å². The molecular formula is C19H21NO4. The van der Waals surface area contributed by atoms with Gasteiger partial charge in [0.1, 0.15) is 5.75 Å². The summed E-state index contributed by atoms with van der Waals surface area (Å²) in [5.41, 5.74) is 0.782. The SMILES string of the molecule is COc1ccc(C)cc1NC(=O)C[C@@](C)(C(=O)O)c1ccccc1. The second-order valence-corrected chi connectivity index (χ2v) is 5.93. The lowest BCUT2D eigenvalue weighted by Gasteiger charge is -2.25. The van der Waals surface area contributed by atoms with Gasteiger partial charge in [-0.1, -0.05) is 36.4 Å². The predicted molar refractivity (Wildman–Crippen MR) is 92.4 cm³/mol. The first-order valence-electron chi connectivity index (χ1n) is 7.60. The molecule has 0 saturated carbocycles. The maximum absolute atomic E-state index is 12.5. The van der Waals surface area contributed by atoms with E-state index in [1.165, 1.54) is 7.11 Å². The van der Waals surface area contributed by atoms with Gasteiger partial charge in [-0.25, -0.2) is 0 Å². The molecule has 0 saturated heterocycles. The Morgan fingerprint density at radius 2 is 1.83 bits per heavy atom. The molecule has 0 spiro atoms. The molecule has 0 fully saturated rings. The Bertz CT molecular complexity index is 742. The first-order chi connectivity index (χ1) is 11.4. The lowest BCUT2D eigenvalue weighted by molar-refractivity contribution is -0.145. The highest BCUT2D eigenvalue weighted by atomic mass is 16.5. The number of ether oxygens (including phenoxy) is 1. The molecule has 0 unspecified atom stereocenters. The summed E-state index contributed by atoms with van der Waals surface area (Å²) >= 11 is 0. The molecule has 0 aliphatic rings. The van der Waals surface area contributed by atoms with Crippen LogP contribution in [0.15, 0.2) is 48.5 Å². The van der Waals surface area contributed by atoms with E-state index in [4.69, 9.17) is 4.74 Å². The third kappa shape index (κ3) is 3.74. The third-order valence-electron chi connectivity index (χ3n) is 4.03. The van der Waals surface area contributed by atoms with Gasteiger partial charge in [0.05, 0.1) is 18.2 Å². The number of methoxy groups -OCH3 is 1. The van der Waals surface area contributed by atoms with Crippen molar-refractivity contribution in [2.45, 2.75) is 25.7 Å². The van der Waals surface area contributed by atoms with Crippen LogP contribution in [-0.2, 0) is 15.0 Å². The Balaban J connectivity index is 2.24. The molecule has 24 heavy (non-hydrogen) atoms. The van der Waals surface area contributed by atoms with Crippen LogP contribution in [0.25, 0.3) is 0 Å². The molecule has 0 aromatic heterocycles. The van der Waals surface area contributed by atoms with Crippen LogP contribution in [0.3, 0.4) is 0 Å². The zero-order valence-corrected chi connectivity index (χ0v) is 14.0. The highest BCUT2D eigenvalue weighted by Gasteiger charge is 2.37. The van der Waals surface area contributed by atoms with Crippen molar-refractivity contribution >= 4 is 17.6 Å². The van der Waals surface area contributed by atoms with Crippen LogP contribution in [0.1, 0.15) is 24.5 Å². The highest BCUT2D eigenvalue weighted by Crippen LogP contribution is 2.30. The summed E-state index contributed by atoms with van der Waals surface area (Å²) in [5.74, 6) is -0.890. The fourth-order valence-electron chi connectivity index (χ4n) is 2.54. The van der Waals surface area contributed by atoms with E-state index in [0.29, 0.717) is 17.0 Å². The molecule has 2 aromatic rings. The van der Waals surface area contributed by atoms with Crippen LogP contribution < -0.4 is 10.1 Å². The molecule has 0 radical (unpaired) electrons. The molecule has 0 aliphatic heterocycles. The van der Waals surface area contributed by atoms with E-state index in [2.05, 4.69) is 5.32 Å². The number of rotatable bonds is 6.